The summed E-state index contributed by atoms with van der Waals surface area (Å²) in [5.41, 5.74) is 8.70. The van der Waals surface area contributed by atoms with Crippen molar-refractivity contribution in [1.82, 2.24) is 0 Å². The number of carbonyl (C=O) groups is 1. The van der Waals surface area contributed by atoms with Crippen LogP contribution in [0.15, 0.2) is 121 Å². The predicted octanol–water partition coefficient (Wildman–Crippen LogP) is 12.0. The zero-order valence-corrected chi connectivity index (χ0v) is 31.0. The summed E-state index contributed by atoms with van der Waals surface area (Å²) in [7, 11) is 0. The van der Waals surface area contributed by atoms with Gasteiger partial charge in [-0.2, -0.15) is 0 Å². The van der Waals surface area contributed by atoms with Crippen LogP contribution in [0.5, 0.6) is 17.2 Å². The third kappa shape index (κ3) is 9.08. The van der Waals surface area contributed by atoms with E-state index < -0.39 is 0 Å². The van der Waals surface area contributed by atoms with Gasteiger partial charge in [0.15, 0.2) is 6.29 Å². The second-order valence-corrected chi connectivity index (χ2v) is 13.7. The summed E-state index contributed by atoms with van der Waals surface area (Å²) < 4.78 is 17.6. The summed E-state index contributed by atoms with van der Waals surface area (Å²) >= 11 is 0. The van der Waals surface area contributed by atoms with Crippen molar-refractivity contribution in [3.05, 3.63) is 149 Å². The Bertz CT molecular complexity index is 1820. The molecule has 5 aromatic rings. The van der Waals surface area contributed by atoms with E-state index in [0.717, 1.165) is 29.9 Å². The van der Waals surface area contributed by atoms with E-state index in [1.54, 1.807) is 12.1 Å². The third-order valence-corrected chi connectivity index (χ3v) is 10.3. The molecule has 0 fully saturated rings. The summed E-state index contributed by atoms with van der Waals surface area (Å²) in [5, 5.41) is 9.01. The molecule has 5 heteroatoms. The van der Waals surface area contributed by atoms with E-state index >= 15 is 0 Å². The lowest BCUT2D eigenvalue weighted by Gasteiger charge is -2.26. The molecule has 1 aliphatic carbocycles. The minimum Gasteiger partial charge on any atom is -0.508 e. The number of benzene rings is 5. The average molecular weight is 685 g/mol. The molecule has 0 radical (unpaired) electrons. The van der Waals surface area contributed by atoms with Gasteiger partial charge in [-0.15, -0.1) is 0 Å². The van der Waals surface area contributed by atoms with Gasteiger partial charge in [-0.1, -0.05) is 133 Å². The van der Waals surface area contributed by atoms with Gasteiger partial charge in [-0.25, -0.2) is 0 Å². The zero-order chi connectivity index (χ0) is 36.5. The molecule has 1 aliphatic heterocycles. The van der Waals surface area contributed by atoms with Crippen molar-refractivity contribution >= 4 is 5.97 Å². The first-order valence-corrected chi connectivity index (χ1v) is 18.3. The average Bonchev–Trinajstić information content (AvgIpc) is 3.47. The van der Waals surface area contributed by atoms with Crippen molar-refractivity contribution < 1.29 is 24.1 Å². The molecule has 1 N–H and O–H groups in total. The largest absolute Gasteiger partial charge is 0.508 e. The van der Waals surface area contributed by atoms with Crippen LogP contribution in [0.4, 0.5) is 0 Å². The van der Waals surface area contributed by atoms with Crippen molar-refractivity contribution in [2.75, 3.05) is 0 Å². The first-order valence-electron chi connectivity index (χ1n) is 18.3. The van der Waals surface area contributed by atoms with E-state index in [4.69, 9.17) is 19.3 Å². The Morgan fingerprint density at radius 2 is 1.10 bits per heavy atom. The molecule has 266 valence electrons. The van der Waals surface area contributed by atoms with Gasteiger partial charge in [0.05, 0.1) is 5.92 Å². The van der Waals surface area contributed by atoms with Crippen LogP contribution < -0.4 is 9.47 Å². The Kier molecular flexibility index (Phi) is 12.7. The van der Waals surface area contributed by atoms with E-state index in [9.17, 15) is 4.79 Å². The van der Waals surface area contributed by atoms with E-state index in [2.05, 4.69) is 95.3 Å². The molecule has 0 amide bonds. The Morgan fingerprint density at radius 3 is 1.63 bits per heavy atom. The number of rotatable bonds is 8. The van der Waals surface area contributed by atoms with Crippen LogP contribution in [0.3, 0.4) is 0 Å². The van der Waals surface area contributed by atoms with E-state index in [0.29, 0.717) is 17.6 Å². The standard InChI is InChI=1S/C25H26O2.C11H12O2.C10H14O/c1-4-17(2)19-13-15-20(16-14-19)26-18(3)27-25-23-11-7-5-9-21(23)22-10-6-8-12-24(22)25;1-7-8(2)11(12)13-10-6-4-3-5-9(7)10;1-3-8(2)9-4-6-10(11)7-5-9/h5-18,25H,4H2,1-3H3;3-8H,1-2H3;4-8,11H,3H2,1-2H3. The highest BCUT2D eigenvalue weighted by Gasteiger charge is 2.31. The zero-order valence-electron chi connectivity index (χ0n) is 31.0. The van der Waals surface area contributed by atoms with Crippen LogP contribution in [0.1, 0.15) is 113 Å². The van der Waals surface area contributed by atoms with Crippen molar-refractivity contribution in [2.24, 2.45) is 5.92 Å². The number of carbonyl (C=O) groups excluding carboxylic acids is 1. The minimum atomic E-state index is -0.344. The fraction of sp³-hybridized carbons (Fsp3) is 0.326. The number of fused-ring (bicyclic) bond motifs is 4. The van der Waals surface area contributed by atoms with Crippen LogP contribution in [0.25, 0.3) is 11.1 Å². The number of phenols is 1. The quantitative estimate of drug-likeness (QED) is 0.100. The summed E-state index contributed by atoms with van der Waals surface area (Å²) in [6, 6.07) is 40.4. The van der Waals surface area contributed by atoms with Crippen LogP contribution >= 0.6 is 0 Å². The molecule has 5 unspecified atom stereocenters. The Labute approximate surface area is 304 Å². The van der Waals surface area contributed by atoms with Crippen molar-refractivity contribution in [3.63, 3.8) is 0 Å². The van der Waals surface area contributed by atoms with Crippen LogP contribution in [0.2, 0.25) is 0 Å². The summed E-state index contributed by atoms with van der Waals surface area (Å²) in [6.45, 7) is 14.7. The monoisotopic (exact) mass is 684 g/mol. The number of para-hydroxylation sites is 1. The maximum absolute atomic E-state index is 11.3. The smallest absolute Gasteiger partial charge is 0.314 e. The molecule has 5 aromatic carbocycles. The van der Waals surface area contributed by atoms with Gasteiger partial charge in [0.2, 0.25) is 0 Å². The van der Waals surface area contributed by atoms with Gasteiger partial charge in [0.25, 0.3) is 0 Å². The first-order chi connectivity index (χ1) is 24.6. The number of hydrogen-bond donors (Lipinski definition) is 1. The van der Waals surface area contributed by atoms with Crippen molar-refractivity contribution in [1.29, 1.82) is 0 Å². The molecule has 0 saturated heterocycles. The number of phenolic OH excluding ortho intramolecular Hbond substituents is 1. The minimum absolute atomic E-state index is 0.0325. The summed E-state index contributed by atoms with van der Waals surface area (Å²) in [5.74, 6) is 3.18. The fourth-order valence-corrected chi connectivity index (χ4v) is 6.44. The molecule has 7 rings (SSSR count). The molecular weight excluding hydrogens is 633 g/mol. The van der Waals surface area contributed by atoms with Gasteiger partial charge >= 0.3 is 5.97 Å². The molecule has 51 heavy (non-hydrogen) atoms. The lowest BCUT2D eigenvalue weighted by Crippen LogP contribution is -2.27. The molecule has 5 atom stereocenters. The maximum Gasteiger partial charge on any atom is 0.314 e. The Morgan fingerprint density at radius 1 is 0.627 bits per heavy atom. The van der Waals surface area contributed by atoms with E-state index in [-0.39, 0.29) is 30.2 Å². The molecule has 0 saturated carbocycles. The molecule has 0 bridgehead atoms. The van der Waals surface area contributed by atoms with Crippen molar-refractivity contribution in [2.45, 2.75) is 91.5 Å². The number of ether oxygens (including phenoxy) is 3. The normalized spacial score (nSPS) is 17.5. The van der Waals surface area contributed by atoms with Crippen LogP contribution in [-0.2, 0) is 9.53 Å². The topological polar surface area (TPSA) is 65.0 Å². The van der Waals surface area contributed by atoms with Crippen molar-refractivity contribution in [3.8, 4) is 28.4 Å². The molecular formula is C46H52O5. The van der Waals surface area contributed by atoms with Gasteiger partial charge < -0.3 is 19.3 Å². The Balaban J connectivity index is 0.000000174. The maximum atomic E-state index is 11.3. The Hall–Kier alpha value is -4.87. The lowest BCUT2D eigenvalue weighted by atomic mass is 9.86. The van der Waals surface area contributed by atoms with Gasteiger partial charge in [-0.05, 0) is 107 Å². The highest BCUT2D eigenvalue weighted by atomic mass is 16.7. The van der Waals surface area contributed by atoms with Gasteiger partial charge in [0.1, 0.15) is 23.4 Å². The fourth-order valence-electron chi connectivity index (χ4n) is 6.44. The second-order valence-electron chi connectivity index (χ2n) is 13.7. The SMILES string of the molecule is CC1C(=O)Oc2ccccc2C1C.CCC(C)c1ccc(O)cc1.CCC(C)c1ccc(OC(C)OC2c3ccccc3-c3ccccc32)cc1. The molecule has 1 heterocycles. The number of aromatic hydroxyl groups is 1. The first kappa shape index (κ1) is 37.4. The van der Waals surface area contributed by atoms with E-state index in [1.807, 2.05) is 62.4 Å². The molecule has 5 nitrogen and oxygen atoms in total. The third-order valence-electron chi connectivity index (χ3n) is 10.3. The van der Waals surface area contributed by atoms with Gasteiger partial charge in [0, 0.05) is 0 Å². The number of hydrogen-bond acceptors (Lipinski definition) is 5. The second kappa shape index (κ2) is 17.4. The lowest BCUT2D eigenvalue weighted by molar-refractivity contribution is -0.140. The van der Waals surface area contributed by atoms with Gasteiger partial charge in [-0.3, -0.25) is 4.79 Å². The summed E-state index contributed by atoms with van der Waals surface area (Å²) in [4.78, 5) is 11.3. The molecule has 0 spiro atoms. The highest BCUT2D eigenvalue weighted by molar-refractivity contribution is 5.79. The summed E-state index contributed by atoms with van der Waals surface area (Å²) in [6.07, 6.45) is 1.85. The number of esters is 1. The predicted molar refractivity (Wildman–Crippen MR) is 207 cm³/mol. The van der Waals surface area contributed by atoms with Crippen LogP contribution in [-0.4, -0.2) is 17.4 Å². The molecule has 0 aromatic heterocycles. The molecule has 2 aliphatic rings. The highest BCUT2D eigenvalue weighted by Crippen LogP contribution is 2.45. The van der Waals surface area contributed by atoms with Crippen LogP contribution in [0, 0.1) is 5.92 Å². The van der Waals surface area contributed by atoms with E-state index in [1.165, 1.54) is 33.4 Å².